The van der Waals surface area contributed by atoms with E-state index < -0.39 is 87.3 Å². The number of hydrogen-bond donors (Lipinski definition) is 2. The van der Waals surface area contributed by atoms with E-state index in [1.807, 2.05) is 0 Å². The van der Waals surface area contributed by atoms with E-state index in [-0.39, 0.29) is 17.9 Å². The van der Waals surface area contributed by atoms with Gasteiger partial charge in [0.05, 0.1) is 39.8 Å². The second-order valence-corrected chi connectivity index (χ2v) is 13.2. The number of nitriles is 1. The van der Waals surface area contributed by atoms with Gasteiger partial charge in [-0.1, -0.05) is 12.1 Å². The molecular formula is C26H27F2N5O6S. The minimum atomic E-state index is -4.26. The number of halogens is 2. The van der Waals surface area contributed by atoms with Crippen molar-refractivity contribution in [1.82, 2.24) is 14.7 Å². The van der Waals surface area contributed by atoms with Gasteiger partial charge in [-0.15, -0.1) is 0 Å². The molecule has 2 unspecified atom stereocenters. The van der Waals surface area contributed by atoms with Crippen molar-refractivity contribution in [2.45, 2.75) is 41.8 Å². The highest BCUT2D eigenvalue weighted by atomic mass is 32.2. The summed E-state index contributed by atoms with van der Waals surface area (Å²) in [6, 6.07) is 9.45. The SMILES string of the molecule is Cn1nccc1-c1cccc(S(=O)(=O)[C@@H]2C[C@@H](C(=O)N3CCC(F)(F)C3)[C@](C(=O)O)(C3CC3(C#N)C(N)=O)C2)c1. The number of aromatic nitrogens is 2. The van der Waals surface area contributed by atoms with Crippen molar-refractivity contribution in [3.63, 3.8) is 0 Å². The summed E-state index contributed by atoms with van der Waals surface area (Å²) >= 11 is 0. The van der Waals surface area contributed by atoms with Crippen LogP contribution in [0.3, 0.4) is 0 Å². The number of aryl methyl sites for hydroxylation is 1. The first kappa shape index (κ1) is 27.7. The van der Waals surface area contributed by atoms with Crippen LogP contribution < -0.4 is 5.73 Å². The Labute approximate surface area is 228 Å². The van der Waals surface area contributed by atoms with Crippen LogP contribution in [-0.4, -0.2) is 70.3 Å². The predicted octanol–water partition coefficient (Wildman–Crippen LogP) is 1.59. The van der Waals surface area contributed by atoms with E-state index in [0.29, 0.717) is 11.3 Å². The van der Waals surface area contributed by atoms with Gasteiger partial charge in [0.2, 0.25) is 11.8 Å². The van der Waals surface area contributed by atoms with Crippen molar-refractivity contribution < 1.29 is 36.7 Å². The quantitative estimate of drug-likeness (QED) is 0.500. The number of primary amides is 1. The van der Waals surface area contributed by atoms with Gasteiger partial charge in [0, 0.05) is 37.7 Å². The number of rotatable bonds is 7. The second-order valence-electron chi connectivity index (χ2n) is 10.9. The van der Waals surface area contributed by atoms with Gasteiger partial charge in [0.1, 0.15) is 5.41 Å². The molecule has 5 atom stereocenters. The number of alkyl halides is 2. The van der Waals surface area contributed by atoms with Crippen molar-refractivity contribution in [1.29, 1.82) is 5.26 Å². The molecule has 3 N–H and O–H groups in total. The Bertz CT molecular complexity index is 1570. The molecule has 2 amide bonds. The molecule has 2 aliphatic carbocycles. The number of carboxylic acid groups (broad SMARTS) is 1. The summed E-state index contributed by atoms with van der Waals surface area (Å²) in [6.07, 6.45) is -0.387. The zero-order valence-electron chi connectivity index (χ0n) is 21.5. The average Bonchev–Trinajstić information content (AvgIpc) is 3.16. The normalized spacial score (nSPS) is 31.1. The first-order valence-corrected chi connectivity index (χ1v) is 14.2. The third-order valence-corrected chi connectivity index (χ3v) is 11.0. The van der Waals surface area contributed by atoms with Crippen LogP contribution in [0.5, 0.6) is 0 Å². The Hall–Kier alpha value is -3.86. The fraction of sp³-hybridized carbons (Fsp3) is 0.500. The summed E-state index contributed by atoms with van der Waals surface area (Å²) in [5.74, 6) is -9.54. The summed E-state index contributed by atoms with van der Waals surface area (Å²) in [5, 5.41) is 22.9. The van der Waals surface area contributed by atoms with Crippen LogP contribution in [0.2, 0.25) is 0 Å². The van der Waals surface area contributed by atoms with Gasteiger partial charge in [-0.25, -0.2) is 17.2 Å². The van der Waals surface area contributed by atoms with Gasteiger partial charge in [0.15, 0.2) is 9.84 Å². The molecule has 40 heavy (non-hydrogen) atoms. The number of nitrogens with two attached hydrogens (primary N) is 1. The van der Waals surface area contributed by atoms with Crippen LogP contribution >= 0.6 is 0 Å². The van der Waals surface area contributed by atoms with Crippen LogP contribution in [0, 0.1) is 34.0 Å². The summed E-state index contributed by atoms with van der Waals surface area (Å²) < 4.78 is 57.4. The largest absolute Gasteiger partial charge is 0.481 e. The van der Waals surface area contributed by atoms with E-state index in [1.165, 1.54) is 18.2 Å². The molecule has 1 saturated heterocycles. The number of nitrogens with zero attached hydrogens (tertiary/aromatic N) is 4. The Kier molecular flexibility index (Phi) is 6.29. The van der Waals surface area contributed by atoms with Gasteiger partial charge in [-0.05, 0) is 37.5 Å². The molecule has 0 bridgehead atoms. The van der Waals surface area contributed by atoms with E-state index in [1.54, 1.807) is 36.1 Å². The molecule has 3 fully saturated rings. The smallest absolute Gasteiger partial charge is 0.310 e. The zero-order valence-corrected chi connectivity index (χ0v) is 22.3. The third kappa shape index (κ3) is 4.06. The molecule has 212 valence electrons. The van der Waals surface area contributed by atoms with Crippen LogP contribution in [0.25, 0.3) is 11.3 Å². The van der Waals surface area contributed by atoms with Crippen molar-refractivity contribution in [3.05, 3.63) is 36.5 Å². The molecule has 0 radical (unpaired) electrons. The summed E-state index contributed by atoms with van der Waals surface area (Å²) in [6.45, 7) is -1.25. The fourth-order valence-corrected chi connectivity index (χ4v) is 8.45. The maximum atomic E-state index is 14.0. The lowest BCUT2D eigenvalue weighted by Gasteiger charge is -2.34. The fourth-order valence-electron chi connectivity index (χ4n) is 6.57. The number of sulfone groups is 1. The summed E-state index contributed by atoms with van der Waals surface area (Å²) in [5.41, 5.74) is 2.55. The van der Waals surface area contributed by atoms with Crippen molar-refractivity contribution >= 4 is 27.6 Å². The van der Waals surface area contributed by atoms with E-state index in [4.69, 9.17) is 5.73 Å². The first-order chi connectivity index (χ1) is 18.7. The van der Waals surface area contributed by atoms with Gasteiger partial charge >= 0.3 is 5.97 Å². The van der Waals surface area contributed by atoms with Crippen LogP contribution in [0.15, 0.2) is 41.4 Å². The Morgan fingerprint density at radius 3 is 2.48 bits per heavy atom. The molecule has 2 aromatic rings. The Balaban J connectivity index is 1.57. The lowest BCUT2D eigenvalue weighted by Crippen LogP contribution is -2.48. The minimum absolute atomic E-state index is 0.117. The lowest BCUT2D eigenvalue weighted by atomic mass is 9.70. The molecular weight excluding hydrogens is 548 g/mol. The predicted molar refractivity (Wildman–Crippen MR) is 134 cm³/mol. The first-order valence-electron chi connectivity index (χ1n) is 12.6. The number of carbonyl (C=O) groups is 3. The molecule has 0 spiro atoms. The number of carboxylic acids is 1. The van der Waals surface area contributed by atoms with Crippen LogP contribution in [-0.2, 0) is 31.3 Å². The van der Waals surface area contributed by atoms with Gasteiger partial charge in [0.25, 0.3) is 5.92 Å². The molecule has 11 nitrogen and oxygen atoms in total. The number of likely N-dealkylation sites (tertiary alicyclic amines) is 1. The maximum Gasteiger partial charge on any atom is 0.310 e. The lowest BCUT2D eigenvalue weighted by molar-refractivity contribution is -0.160. The molecule has 1 aromatic carbocycles. The van der Waals surface area contributed by atoms with Gasteiger partial charge in [-0.3, -0.25) is 19.1 Å². The van der Waals surface area contributed by atoms with E-state index in [0.717, 1.165) is 4.90 Å². The molecule has 2 saturated carbocycles. The molecule has 1 aliphatic heterocycles. The van der Waals surface area contributed by atoms with E-state index in [2.05, 4.69) is 5.10 Å². The number of carbonyl (C=O) groups excluding carboxylic acids is 2. The summed E-state index contributed by atoms with van der Waals surface area (Å²) in [7, 11) is -2.58. The summed E-state index contributed by atoms with van der Waals surface area (Å²) in [4.78, 5) is 39.6. The van der Waals surface area contributed by atoms with Crippen molar-refractivity contribution in [3.8, 4) is 17.3 Å². The monoisotopic (exact) mass is 575 g/mol. The zero-order chi connectivity index (χ0) is 29.3. The number of aliphatic carboxylic acids is 1. The Morgan fingerprint density at radius 2 is 1.95 bits per heavy atom. The molecule has 2 heterocycles. The highest BCUT2D eigenvalue weighted by Gasteiger charge is 2.76. The number of benzene rings is 1. The molecule has 1 aromatic heterocycles. The van der Waals surface area contributed by atoms with Crippen LogP contribution in [0.1, 0.15) is 25.7 Å². The maximum absolute atomic E-state index is 14.0. The molecule has 3 aliphatic rings. The highest BCUT2D eigenvalue weighted by molar-refractivity contribution is 7.92. The number of hydrogen-bond acceptors (Lipinski definition) is 7. The van der Waals surface area contributed by atoms with Crippen LogP contribution in [0.4, 0.5) is 8.78 Å². The number of amides is 2. The highest BCUT2D eigenvalue weighted by Crippen LogP contribution is 2.68. The molecule has 14 heteroatoms. The van der Waals surface area contributed by atoms with Crippen molar-refractivity contribution in [2.24, 2.45) is 35.4 Å². The second kappa shape index (κ2) is 9.09. The minimum Gasteiger partial charge on any atom is -0.481 e. The molecule has 5 rings (SSSR count). The third-order valence-electron chi connectivity index (χ3n) is 8.80. The average molecular weight is 576 g/mol. The Morgan fingerprint density at radius 1 is 1.23 bits per heavy atom. The topological polar surface area (TPSA) is 176 Å². The van der Waals surface area contributed by atoms with Gasteiger partial charge < -0.3 is 15.7 Å². The van der Waals surface area contributed by atoms with E-state index >= 15 is 0 Å². The van der Waals surface area contributed by atoms with Gasteiger partial charge in [-0.2, -0.15) is 10.4 Å². The van der Waals surface area contributed by atoms with Crippen molar-refractivity contribution in [2.75, 3.05) is 13.1 Å². The van der Waals surface area contributed by atoms with E-state index in [9.17, 15) is 42.0 Å². The standard InChI is InChI=1S/C26H27F2N5O6S/c1-32-19(5-7-31-32)15-3-2-4-16(9-15)40(38,39)17-10-18(21(34)33-8-6-25(27,28)14-33)26(11-17,23(36)37)20-12-24(20,13-29)22(30)35/h2-5,7,9,17-18,20H,6,8,10-12,14H2,1H3,(H2,30,35)(H,36,37)/t17-,18+,20?,24?,26+/m1/s1.